The molecule has 0 amide bonds. The molecule has 0 unspecified atom stereocenters. The van der Waals surface area contributed by atoms with E-state index in [1.807, 2.05) is 0 Å². The van der Waals surface area contributed by atoms with Gasteiger partial charge in [0.2, 0.25) is 0 Å². The third-order valence-electron chi connectivity index (χ3n) is 11.3. The lowest BCUT2D eigenvalue weighted by molar-refractivity contribution is -0.151. The first kappa shape index (κ1) is 58.8. The summed E-state index contributed by atoms with van der Waals surface area (Å²) >= 11 is 0. The summed E-state index contributed by atoms with van der Waals surface area (Å²) in [5.41, 5.74) is 0. The van der Waals surface area contributed by atoms with Crippen molar-refractivity contribution in [3.63, 3.8) is 0 Å². The molecule has 0 bridgehead atoms. The quantitative estimate of drug-likeness (QED) is 0.0355. The number of aliphatic hydroxyl groups is 1. The van der Waals surface area contributed by atoms with Crippen LogP contribution in [-0.2, 0) is 42.9 Å². The molecular weight excluding hydrogens is 775 g/mol. The van der Waals surface area contributed by atoms with Crippen molar-refractivity contribution in [3.05, 3.63) is 0 Å². The van der Waals surface area contributed by atoms with Crippen LogP contribution in [0.15, 0.2) is 0 Å². The van der Waals surface area contributed by atoms with Crippen molar-refractivity contribution in [2.75, 3.05) is 65.9 Å². The van der Waals surface area contributed by atoms with Gasteiger partial charge < -0.3 is 33.7 Å². The van der Waals surface area contributed by atoms with E-state index in [1.165, 1.54) is 25.7 Å². The topological polar surface area (TPSA) is 138 Å². The number of rotatable bonds is 47. The van der Waals surface area contributed by atoms with E-state index in [2.05, 4.69) is 32.6 Å². The Morgan fingerprint density at radius 1 is 0.393 bits per heavy atom. The highest BCUT2D eigenvalue weighted by atomic mass is 16.6. The summed E-state index contributed by atoms with van der Waals surface area (Å²) in [6.07, 6.45) is 28.4. The van der Waals surface area contributed by atoms with Gasteiger partial charge in [0.25, 0.3) is 0 Å². The number of ether oxygens (including phenoxy) is 5. The lowest BCUT2D eigenvalue weighted by Gasteiger charge is -2.24. The molecule has 0 radical (unpaired) electrons. The van der Waals surface area contributed by atoms with E-state index in [1.54, 1.807) is 0 Å². The molecular formula is C50H95NO10. The zero-order valence-corrected chi connectivity index (χ0v) is 40.0. The molecule has 0 fully saturated rings. The fraction of sp³-hybridized carbons (Fsp3) is 0.920. The van der Waals surface area contributed by atoms with Crippen LogP contribution >= 0.6 is 0 Å². The maximum Gasteiger partial charge on any atom is 0.305 e. The number of nitrogens with zero attached hydrogens (tertiary/aromatic N) is 1. The van der Waals surface area contributed by atoms with Crippen molar-refractivity contribution >= 4 is 23.9 Å². The van der Waals surface area contributed by atoms with Crippen LogP contribution in [0.3, 0.4) is 0 Å². The molecule has 0 aliphatic rings. The minimum absolute atomic E-state index is 0.0114. The largest absolute Gasteiger partial charge is 0.465 e. The molecule has 11 nitrogen and oxygen atoms in total. The zero-order valence-electron chi connectivity index (χ0n) is 40.0. The molecule has 360 valence electrons. The second-order valence-corrected chi connectivity index (χ2v) is 17.3. The molecule has 0 atom stereocenters. The lowest BCUT2D eigenvalue weighted by Crippen LogP contribution is -2.30. The van der Waals surface area contributed by atoms with Gasteiger partial charge in [-0.15, -0.1) is 0 Å². The Morgan fingerprint density at radius 3 is 1.00 bits per heavy atom. The van der Waals surface area contributed by atoms with E-state index in [-0.39, 0.29) is 68.7 Å². The number of unbranched alkanes of at least 4 members (excludes halogenated alkanes) is 18. The number of esters is 4. The molecule has 0 heterocycles. The number of aliphatic hydroxyl groups excluding tert-OH is 1. The van der Waals surface area contributed by atoms with Crippen molar-refractivity contribution in [1.82, 2.24) is 4.90 Å². The van der Waals surface area contributed by atoms with Gasteiger partial charge in [-0.1, -0.05) is 143 Å². The van der Waals surface area contributed by atoms with Gasteiger partial charge in [0.1, 0.15) is 0 Å². The molecule has 0 saturated heterocycles. The van der Waals surface area contributed by atoms with Crippen LogP contribution in [0, 0.1) is 11.8 Å². The van der Waals surface area contributed by atoms with Crippen LogP contribution in [0.1, 0.15) is 220 Å². The van der Waals surface area contributed by atoms with Crippen molar-refractivity contribution in [3.8, 4) is 0 Å². The zero-order chi connectivity index (χ0) is 44.9. The first-order chi connectivity index (χ1) is 29.8. The van der Waals surface area contributed by atoms with E-state index >= 15 is 0 Å². The van der Waals surface area contributed by atoms with Gasteiger partial charge in [-0.2, -0.15) is 0 Å². The third kappa shape index (κ3) is 41.5. The van der Waals surface area contributed by atoms with Gasteiger partial charge in [-0.05, 0) is 64.5 Å². The lowest BCUT2D eigenvalue weighted by atomic mass is 10.0. The molecule has 61 heavy (non-hydrogen) atoms. The Balaban J connectivity index is 5.18. The van der Waals surface area contributed by atoms with Crippen LogP contribution < -0.4 is 0 Å². The molecule has 0 saturated carbocycles. The molecule has 1 N–H and O–H groups in total. The highest BCUT2D eigenvalue weighted by Gasteiger charge is 2.18. The van der Waals surface area contributed by atoms with Gasteiger partial charge in [-0.25, -0.2) is 0 Å². The Bertz CT molecular complexity index is 879. The number of hydrogen-bond acceptors (Lipinski definition) is 11. The van der Waals surface area contributed by atoms with Crippen LogP contribution in [0.25, 0.3) is 0 Å². The number of carbonyl (C=O) groups is 4. The van der Waals surface area contributed by atoms with Gasteiger partial charge in [0.05, 0.1) is 46.2 Å². The Morgan fingerprint density at radius 2 is 0.705 bits per heavy atom. The summed E-state index contributed by atoms with van der Waals surface area (Å²) in [5, 5.41) is 9.22. The van der Waals surface area contributed by atoms with Crippen molar-refractivity contribution in [1.29, 1.82) is 0 Å². The van der Waals surface area contributed by atoms with E-state index in [0.29, 0.717) is 38.9 Å². The Kier molecular flexibility index (Phi) is 44.1. The Labute approximate surface area is 373 Å². The monoisotopic (exact) mass is 870 g/mol. The van der Waals surface area contributed by atoms with Crippen LogP contribution in [0.5, 0.6) is 0 Å². The van der Waals surface area contributed by atoms with Gasteiger partial charge >= 0.3 is 23.9 Å². The molecule has 0 aromatic carbocycles. The first-order valence-corrected chi connectivity index (χ1v) is 25.3. The number of hydrogen-bond donors (Lipinski definition) is 1. The van der Waals surface area contributed by atoms with E-state index in [0.717, 1.165) is 161 Å². The fourth-order valence-corrected chi connectivity index (χ4v) is 7.29. The summed E-state index contributed by atoms with van der Waals surface area (Å²) in [4.78, 5) is 52.5. The fourth-order valence-electron chi connectivity index (χ4n) is 7.29. The normalized spacial score (nSPS) is 11.5. The van der Waals surface area contributed by atoms with Crippen LogP contribution in [0.4, 0.5) is 0 Å². The smallest absolute Gasteiger partial charge is 0.305 e. The summed E-state index contributed by atoms with van der Waals surface area (Å²) in [6.45, 7) is 13.0. The van der Waals surface area contributed by atoms with Crippen LogP contribution in [0.2, 0.25) is 0 Å². The van der Waals surface area contributed by atoms with Gasteiger partial charge in [0.15, 0.2) is 0 Å². The minimum atomic E-state index is -0.174. The Hall–Kier alpha value is -2.24. The highest BCUT2D eigenvalue weighted by Crippen LogP contribution is 2.17. The van der Waals surface area contributed by atoms with E-state index in [4.69, 9.17) is 23.7 Å². The summed E-state index contributed by atoms with van der Waals surface area (Å²) < 4.78 is 28.4. The maximum absolute atomic E-state index is 12.5. The predicted molar refractivity (Wildman–Crippen MR) is 246 cm³/mol. The van der Waals surface area contributed by atoms with Gasteiger partial charge in [0, 0.05) is 44.1 Å². The second-order valence-electron chi connectivity index (χ2n) is 17.3. The molecule has 11 heteroatoms. The summed E-state index contributed by atoms with van der Waals surface area (Å²) in [6, 6.07) is 0. The van der Waals surface area contributed by atoms with Gasteiger partial charge in [-0.3, -0.25) is 19.2 Å². The highest BCUT2D eigenvalue weighted by molar-refractivity contribution is 5.70. The number of carbonyl (C=O) groups excluding carboxylic acids is 4. The molecule has 0 aliphatic heterocycles. The van der Waals surface area contributed by atoms with E-state index in [9.17, 15) is 24.3 Å². The average molecular weight is 870 g/mol. The van der Waals surface area contributed by atoms with Crippen molar-refractivity contribution in [2.24, 2.45) is 11.8 Å². The molecule has 0 rings (SSSR count). The summed E-state index contributed by atoms with van der Waals surface area (Å²) in [7, 11) is 0. The molecule has 0 spiro atoms. The maximum atomic E-state index is 12.5. The van der Waals surface area contributed by atoms with Crippen LogP contribution in [-0.4, -0.2) is 99.8 Å². The summed E-state index contributed by atoms with van der Waals surface area (Å²) in [5.74, 6) is -0.786. The molecule has 0 aromatic rings. The van der Waals surface area contributed by atoms with Crippen molar-refractivity contribution in [2.45, 2.75) is 220 Å². The molecule has 0 aliphatic carbocycles. The standard InChI is InChI=1S/C50H95NO10/c1-5-9-13-17-21-31-47(53)58-41-45(42-59-48(54)32-22-18-14-10-6-2)29-25-27-35-51(37-39-57-40-38-52)36-28-26-30-46(43-60-49(55)33-23-19-15-11-7-3)44-61-50(56)34-24-20-16-12-8-4/h45-46,52H,5-44H2,1-4H3. The predicted octanol–water partition coefficient (Wildman–Crippen LogP) is 11.5. The van der Waals surface area contributed by atoms with Crippen molar-refractivity contribution < 1.29 is 48.0 Å². The molecule has 0 aromatic heterocycles. The minimum Gasteiger partial charge on any atom is -0.465 e. The second kappa shape index (κ2) is 45.8. The average Bonchev–Trinajstić information content (AvgIpc) is 3.25. The third-order valence-corrected chi connectivity index (χ3v) is 11.3. The first-order valence-electron chi connectivity index (χ1n) is 25.3. The van der Waals surface area contributed by atoms with E-state index < -0.39 is 0 Å². The SMILES string of the molecule is CCCCCCCC(=O)OCC(CCCCN(CCCCC(COC(=O)CCCCCCC)COC(=O)CCCCCCC)CCOCCO)COC(=O)CCCCCCC.